The minimum atomic E-state index is -4.99. The van der Waals surface area contributed by atoms with Crippen LogP contribution in [0.2, 0.25) is 0 Å². The van der Waals surface area contributed by atoms with Crippen LogP contribution in [0.15, 0.2) is 56.5 Å². The third-order valence-electron chi connectivity index (χ3n) is 19.4. The molecule has 0 saturated carbocycles. The van der Waals surface area contributed by atoms with Crippen LogP contribution in [0.25, 0.3) is 11.0 Å². The molecule has 462 valence electrons. The third kappa shape index (κ3) is 12.4. The predicted molar refractivity (Wildman–Crippen MR) is 314 cm³/mol. The van der Waals surface area contributed by atoms with Crippen LogP contribution < -0.4 is 39.3 Å². The number of phosphoric acid groups is 1. The number of aliphatic hydroxyl groups is 2. The van der Waals surface area contributed by atoms with Crippen LogP contribution in [0, 0.1) is 65.6 Å². The molecule has 0 spiro atoms. The Labute approximate surface area is 489 Å². The first-order valence-corrected chi connectivity index (χ1v) is 30.7. The van der Waals surface area contributed by atoms with Crippen molar-refractivity contribution in [3.05, 3.63) is 52.6 Å². The number of aliphatic hydroxyl groups excluding tert-OH is 2. The molecule has 16 unspecified atom stereocenters. The number of carboxylic acids is 1. The number of nitrogens with one attached hydrogen (secondary N) is 2. The predicted octanol–water partition coefficient (Wildman–Crippen LogP) is 2.88. The number of carbonyl (C=O) groups is 5. The number of rotatable bonds is 24. The van der Waals surface area contributed by atoms with E-state index >= 15 is 0 Å². The second kappa shape index (κ2) is 24.9. The van der Waals surface area contributed by atoms with Crippen molar-refractivity contribution in [1.29, 1.82) is 0 Å². The van der Waals surface area contributed by atoms with E-state index in [9.17, 15) is 48.8 Å². The summed E-state index contributed by atoms with van der Waals surface area (Å²) in [6, 6.07) is 2.04. The van der Waals surface area contributed by atoms with Gasteiger partial charge in [-0.05, 0) is 107 Å². The van der Waals surface area contributed by atoms with E-state index in [1.54, 1.807) is 4.57 Å². The van der Waals surface area contributed by atoms with Gasteiger partial charge < -0.3 is 68.8 Å². The molecule has 0 aliphatic carbocycles. The highest BCUT2D eigenvalue weighted by molar-refractivity contribution is 7.47. The van der Waals surface area contributed by atoms with Gasteiger partial charge in [0.15, 0.2) is 6.23 Å². The lowest BCUT2D eigenvalue weighted by Crippen LogP contribution is -2.48. The second-order valence-corrected chi connectivity index (χ2v) is 26.6. The van der Waals surface area contributed by atoms with E-state index in [-0.39, 0.29) is 76.9 Å². The Kier molecular flexibility index (Phi) is 19.1. The molecular formula is C58H87N12O13P. The van der Waals surface area contributed by atoms with Crippen LogP contribution in [0.4, 0.5) is 0 Å². The lowest BCUT2D eigenvalue weighted by Gasteiger charge is -2.40. The van der Waals surface area contributed by atoms with Gasteiger partial charge in [-0.25, -0.2) is 9.55 Å². The number of allylic oxidation sites excluding steroid dienone is 4. The van der Waals surface area contributed by atoms with Crippen molar-refractivity contribution >= 4 is 65.6 Å². The number of aromatic nitrogens is 2. The number of imidazole rings is 1. The average Bonchev–Trinajstić information content (AvgIpc) is 1.78. The maximum atomic E-state index is 14.1. The molecule has 26 heteroatoms. The highest BCUT2D eigenvalue weighted by Crippen LogP contribution is 2.56. The number of fused-ring (bicyclic) bond motifs is 7. The number of carbonyl (C=O) groups excluding carboxylic acids is 4. The molecule has 7 heterocycles. The Morgan fingerprint density at radius 1 is 0.881 bits per heavy atom. The second-order valence-electron chi connectivity index (χ2n) is 25.3. The first-order chi connectivity index (χ1) is 39.4. The number of aryl methyl sites for hydroxylation is 2. The number of phosphoric ester groups is 1. The van der Waals surface area contributed by atoms with Gasteiger partial charge in [0.25, 0.3) is 0 Å². The zero-order chi connectivity index (χ0) is 61.7. The SMILES string of the molecule is C/C1=C2/N/C(=C\C3=NC(C(C)C4=NC(C5N=C1C(CCC(N)=O)C5CN)C(CN)[C@@]4(C)CCC(=O)NCC(C)OP(=O)(O)OC1C(CO)OC(n4cnc5cc(C)c(C)cc54)C1O)C(CCC(N)=O)C3(C)C)C(CCC(N)=O)C2(C)CC(=O)O. The van der Waals surface area contributed by atoms with Gasteiger partial charge in [-0.3, -0.25) is 48.0 Å². The van der Waals surface area contributed by atoms with E-state index in [1.807, 2.05) is 59.8 Å². The van der Waals surface area contributed by atoms with Gasteiger partial charge in [0.1, 0.15) is 18.3 Å². The van der Waals surface area contributed by atoms with Crippen LogP contribution in [0.5, 0.6) is 0 Å². The molecule has 17 atom stereocenters. The fourth-order valence-electron chi connectivity index (χ4n) is 14.8. The maximum absolute atomic E-state index is 14.1. The Bertz CT molecular complexity index is 3120. The monoisotopic (exact) mass is 1190 g/mol. The van der Waals surface area contributed by atoms with Crippen LogP contribution in [-0.2, 0) is 42.3 Å². The Hall–Kier alpha value is -5.76. The van der Waals surface area contributed by atoms with Crippen molar-refractivity contribution in [1.82, 2.24) is 20.2 Å². The summed E-state index contributed by atoms with van der Waals surface area (Å²) in [7, 11) is -4.99. The first kappa shape index (κ1) is 64.2. The summed E-state index contributed by atoms with van der Waals surface area (Å²) < 4.78 is 32.2. The van der Waals surface area contributed by atoms with Gasteiger partial charge >= 0.3 is 13.8 Å². The van der Waals surface area contributed by atoms with Crippen molar-refractivity contribution < 1.29 is 62.5 Å². The molecule has 84 heavy (non-hydrogen) atoms. The number of amides is 4. The largest absolute Gasteiger partial charge is 0.481 e. The minimum Gasteiger partial charge on any atom is -0.481 e. The third-order valence-corrected chi connectivity index (χ3v) is 20.6. The normalized spacial score (nSPS) is 35.0. The molecule has 4 amide bonds. The maximum Gasteiger partial charge on any atom is 0.472 e. The molecular weight excluding hydrogens is 1100 g/mol. The number of hydrogen-bond acceptors (Lipinski definition) is 18. The van der Waals surface area contributed by atoms with E-state index in [1.165, 1.54) is 13.3 Å². The molecule has 1 aromatic carbocycles. The van der Waals surface area contributed by atoms with Crippen molar-refractivity contribution in [2.45, 2.75) is 169 Å². The summed E-state index contributed by atoms with van der Waals surface area (Å²) in [5.74, 6) is -5.62. The van der Waals surface area contributed by atoms with Gasteiger partial charge in [0, 0.05) is 107 Å². The van der Waals surface area contributed by atoms with Gasteiger partial charge in [0.05, 0.1) is 54.6 Å². The number of nitrogens with two attached hydrogens (primary N) is 5. The highest BCUT2D eigenvalue weighted by atomic mass is 31.2. The van der Waals surface area contributed by atoms with Gasteiger partial charge in [-0.2, -0.15) is 0 Å². The van der Waals surface area contributed by atoms with E-state index in [0.717, 1.165) is 16.8 Å². The lowest BCUT2D eigenvalue weighted by molar-refractivity contribution is -0.139. The smallest absolute Gasteiger partial charge is 0.472 e. The summed E-state index contributed by atoms with van der Waals surface area (Å²) in [6.07, 6.45) is -2.31. The number of ether oxygens (including phenoxy) is 1. The van der Waals surface area contributed by atoms with Crippen LogP contribution >= 0.6 is 7.82 Å². The number of aliphatic carboxylic acids is 1. The summed E-state index contributed by atoms with van der Waals surface area (Å²) in [5.41, 5.74) is 35.5. The summed E-state index contributed by atoms with van der Waals surface area (Å²) in [4.78, 5) is 97.0. The van der Waals surface area contributed by atoms with Crippen molar-refractivity contribution in [3.8, 4) is 0 Å². The fraction of sp³-hybridized carbons (Fsp3) is 0.672. The van der Waals surface area contributed by atoms with Crippen LogP contribution in [0.3, 0.4) is 0 Å². The topological polar surface area (TPSA) is 420 Å². The minimum absolute atomic E-state index is 0.00840. The number of carboxylic acid groups (broad SMARTS) is 1. The molecule has 2 saturated heterocycles. The Morgan fingerprint density at radius 3 is 2.17 bits per heavy atom. The molecule has 16 N–H and O–H groups in total. The lowest BCUT2D eigenvalue weighted by atomic mass is 9.62. The van der Waals surface area contributed by atoms with E-state index < -0.39 is 139 Å². The Morgan fingerprint density at radius 2 is 1.54 bits per heavy atom. The van der Waals surface area contributed by atoms with Crippen molar-refractivity contribution in [2.75, 3.05) is 26.2 Å². The summed E-state index contributed by atoms with van der Waals surface area (Å²) in [6.45, 7) is 16.6. The van der Waals surface area contributed by atoms with Crippen molar-refractivity contribution in [2.24, 2.45) is 95.4 Å². The number of primary amides is 3. The molecule has 6 aliphatic heterocycles. The zero-order valence-electron chi connectivity index (χ0n) is 49.6. The standard InChI is InChI=1S/C58H87N12O13P/c1-27-18-38-39(19-28(27)2)70(26-65-38)55-51(78)52(40(25-71)81-55)83-84(79,80)82-29(3)24-64-45(75)16-17-57(8)36(23-60)50-49-33(22-59)32(10-13-42(61)72)47(68-49)30(4)54-58(9,21-46(76)77)34(11-14-43(62)73)37(66-54)20-41-56(6,7)35(12-15-44(63)74)48(67-41)31(5)53(57)69-50/h18-20,26,29,31-36,40,48-52,55,66,71,78H,10-17,21-25,59-60H2,1-9H3,(H2,61,72)(H2,62,73)(H2,63,74)(H,64,75)(H,76,77)(H,79,80)/b37-20-,54-30-/t29?,31?,32?,33?,34?,35?,36?,40?,48?,49?,50?,51?,52?,55?,57-,58?/m1/s1. The first-order valence-electron chi connectivity index (χ1n) is 29.2. The number of nitrogens with zero attached hydrogens (tertiary/aromatic N) is 5. The molecule has 25 nitrogen and oxygen atoms in total. The van der Waals surface area contributed by atoms with Gasteiger partial charge in [-0.1, -0.05) is 34.6 Å². The van der Waals surface area contributed by atoms with Crippen molar-refractivity contribution in [3.63, 3.8) is 0 Å². The van der Waals surface area contributed by atoms with E-state index in [0.29, 0.717) is 45.8 Å². The number of hydrogen-bond donors (Lipinski definition) is 11. The van der Waals surface area contributed by atoms with Gasteiger partial charge in [0.2, 0.25) is 23.6 Å². The van der Waals surface area contributed by atoms with E-state index in [2.05, 4.69) is 29.5 Å². The quantitative estimate of drug-likeness (QED) is 0.0673. The molecule has 2 fully saturated rings. The molecule has 6 aliphatic rings. The summed E-state index contributed by atoms with van der Waals surface area (Å²) in [5, 5.41) is 38.8. The molecule has 0 radical (unpaired) electrons. The Balaban J connectivity index is 1.10. The average molecular weight is 1190 g/mol. The number of benzene rings is 1. The van der Waals surface area contributed by atoms with Crippen LogP contribution in [-0.4, -0.2) is 145 Å². The van der Waals surface area contributed by atoms with Crippen LogP contribution in [0.1, 0.15) is 124 Å². The molecule has 1 aromatic heterocycles. The molecule has 2 aromatic rings. The van der Waals surface area contributed by atoms with Gasteiger partial charge in [-0.15, -0.1) is 0 Å². The number of aliphatic imine (C=N–C) groups is 3. The molecule has 8 bridgehead atoms. The molecule has 8 rings (SSSR count). The highest BCUT2D eigenvalue weighted by Gasteiger charge is 2.59. The zero-order valence-corrected chi connectivity index (χ0v) is 50.5. The fourth-order valence-corrected chi connectivity index (χ4v) is 15.9. The summed E-state index contributed by atoms with van der Waals surface area (Å²) >= 11 is 0. The van der Waals surface area contributed by atoms with E-state index in [4.69, 9.17) is 57.4 Å².